The fourth-order valence-electron chi connectivity index (χ4n) is 6.01. The topological polar surface area (TPSA) is 144 Å². The summed E-state index contributed by atoms with van der Waals surface area (Å²) in [5.41, 5.74) is 9.48. The number of benzene rings is 3. The van der Waals surface area contributed by atoms with Gasteiger partial charge in [-0.1, -0.05) is 42.5 Å². The number of anilines is 2. The summed E-state index contributed by atoms with van der Waals surface area (Å²) in [6.45, 7) is 3.69. The maximum Gasteiger partial charge on any atom is 0.263 e. The number of carbonyl (C=O) groups excluding carboxylic acids is 4. The number of carbonyl (C=O) groups is 4. The van der Waals surface area contributed by atoms with Crippen LogP contribution in [0.1, 0.15) is 74.1 Å². The summed E-state index contributed by atoms with van der Waals surface area (Å²) in [6, 6.07) is 22.2. The lowest BCUT2D eigenvalue weighted by Gasteiger charge is -2.24. The average Bonchev–Trinajstić information content (AvgIpc) is 3.47. The van der Waals surface area contributed by atoms with Gasteiger partial charge in [-0.15, -0.1) is 0 Å². The molecule has 3 N–H and O–H groups in total. The summed E-state index contributed by atoms with van der Waals surface area (Å²) in [5.74, 6) is -0.426. The molecule has 0 fully saturated rings. The monoisotopic (exact) mass is 633 g/mol. The molecule has 0 bridgehead atoms. The van der Waals surface area contributed by atoms with Crippen molar-refractivity contribution >= 4 is 35.1 Å². The Morgan fingerprint density at radius 3 is 2.43 bits per heavy atom. The largest absolute Gasteiger partial charge is 0.493 e. The van der Waals surface area contributed by atoms with E-state index in [-0.39, 0.29) is 48.1 Å². The van der Waals surface area contributed by atoms with Crippen LogP contribution in [-0.2, 0) is 17.8 Å². The molecule has 4 aromatic rings. The molecule has 0 saturated heterocycles. The molecule has 0 aliphatic carbocycles. The summed E-state index contributed by atoms with van der Waals surface area (Å²) in [7, 11) is 1.58. The molecule has 2 unspecified atom stereocenters. The number of imide groups is 1. The van der Waals surface area contributed by atoms with E-state index in [1.165, 1.54) is 17.8 Å². The van der Waals surface area contributed by atoms with Crippen LogP contribution in [0.4, 0.5) is 11.5 Å². The Kier molecular flexibility index (Phi) is 8.73. The molecule has 4 amide bonds. The van der Waals surface area contributed by atoms with Gasteiger partial charge in [-0.2, -0.15) is 0 Å². The number of hydrogen-bond donors (Lipinski definition) is 2. The Morgan fingerprint density at radius 2 is 1.68 bits per heavy atom. The average molecular weight is 634 g/mol. The Balaban J connectivity index is 1.18. The van der Waals surface area contributed by atoms with Crippen LogP contribution >= 0.6 is 0 Å². The number of amides is 4. The van der Waals surface area contributed by atoms with Gasteiger partial charge in [0.05, 0.1) is 43.5 Å². The predicted octanol–water partition coefficient (Wildman–Crippen LogP) is 4.91. The first kappa shape index (κ1) is 31.4. The fraction of sp³-hybridized carbons (Fsp3) is 0.250. The van der Waals surface area contributed by atoms with E-state index in [1.807, 2.05) is 56.3 Å². The number of fused-ring (bicyclic) bond motifs is 2. The van der Waals surface area contributed by atoms with E-state index in [2.05, 4.69) is 22.4 Å². The minimum atomic E-state index is -0.513. The molecule has 0 spiro atoms. The van der Waals surface area contributed by atoms with Crippen molar-refractivity contribution in [3.8, 4) is 11.5 Å². The van der Waals surface area contributed by atoms with Crippen molar-refractivity contribution < 1.29 is 28.7 Å². The number of nitrogens with zero attached hydrogens (tertiary/aromatic N) is 3. The minimum Gasteiger partial charge on any atom is -0.493 e. The van der Waals surface area contributed by atoms with Crippen LogP contribution in [0.25, 0.3) is 0 Å². The first-order valence-corrected chi connectivity index (χ1v) is 15.4. The summed E-state index contributed by atoms with van der Waals surface area (Å²) in [4.78, 5) is 58.7. The van der Waals surface area contributed by atoms with Gasteiger partial charge in [0.15, 0.2) is 11.5 Å². The van der Waals surface area contributed by atoms with Gasteiger partial charge in [0.1, 0.15) is 5.82 Å². The second kappa shape index (κ2) is 13.1. The Labute approximate surface area is 272 Å². The van der Waals surface area contributed by atoms with E-state index < -0.39 is 17.7 Å². The van der Waals surface area contributed by atoms with Crippen LogP contribution in [0.2, 0.25) is 0 Å². The molecule has 2 aliphatic heterocycles. The van der Waals surface area contributed by atoms with Gasteiger partial charge in [-0.25, -0.2) is 4.98 Å². The zero-order chi connectivity index (χ0) is 33.2. The molecule has 3 heterocycles. The lowest BCUT2D eigenvalue weighted by molar-refractivity contribution is -0.114. The molecule has 6 rings (SSSR count). The third kappa shape index (κ3) is 6.17. The molecule has 2 atom stereocenters. The summed E-state index contributed by atoms with van der Waals surface area (Å²) in [5, 5.41) is 2.49. The molecule has 3 aromatic carbocycles. The molecular weight excluding hydrogens is 598 g/mol. The van der Waals surface area contributed by atoms with Crippen LogP contribution in [0.15, 0.2) is 79.0 Å². The van der Waals surface area contributed by atoms with Crippen LogP contribution in [0.3, 0.4) is 0 Å². The summed E-state index contributed by atoms with van der Waals surface area (Å²) < 4.78 is 11.9. The molecule has 2 aliphatic rings. The third-order valence-corrected chi connectivity index (χ3v) is 8.49. The normalized spacial score (nSPS) is 15.8. The smallest absolute Gasteiger partial charge is 0.263 e. The number of aromatic nitrogens is 1. The highest BCUT2D eigenvalue weighted by molar-refractivity contribution is 6.21. The molecule has 47 heavy (non-hydrogen) atoms. The standard InChI is InChI=1S/C36H35N5O6/c1-21(9-10-23-7-5-4-6-8-23)47-31-16-25(12-14-30(31)46-3)41-22(2)26-13-11-24(15-27(26)36(41)45)20-40-34(43)28-17-32(39-33(42)18-37)38-19-29(28)35(40)44/h4-8,11-17,19,21-22H,9-10,18,20,37H2,1-3H3,(H,38,39,42). The number of methoxy groups -OCH3 is 1. The van der Waals surface area contributed by atoms with Crippen LogP contribution in [0.5, 0.6) is 11.5 Å². The number of rotatable bonds is 11. The van der Waals surface area contributed by atoms with Crippen LogP contribution < -0.4 is 25.4 Å². The van der Waals surface area contributed by atoms with E-state index in [0.29, 0.717) is 28.3 Å². The van der Waals surface area contributed by atoms with E-state index >= 15 is 0 Å². The number of ether oxygens (including phenoxy) is 2. The van der Waals surface area contributed by atoms with Crippen molar-refractivity contribution in [1.82, 2.24) is 9.88 Å². The number of aryl methyl sites for hydroxylation is 1. The molecule has 1 aromatic heterocycles. The van der Waals surface area contributed by atoms with Crippen molar-refractivity contribution in [2.45, 2.75) is 45.4 Å². The molecule has 11 heteroatoms. The van der Waals surface area contributed by atoms with Gasteiger partial charge in [0.2, 0.25) is 5.91 Å². The van der Waals surface area contributed by atoms with Crippen molar-refractivity contribution in [2.24, 2.45) is 5.73 Å². The first-order valence-electron chi connectivity index (χ1n) is 15.4. The highest BCUT2D eigenvalue weighted by Gasteiger charge is 2.38. The van der Waals surface area contributed by atoms with Gasteiger partial charge in [0.25, 0.3) is 17.7 Å². The molecule has 11 nitrogen and oxygen atoms in total. The SMILES string of the molecule is COc1ccc(N2C(=O)c3cc(CN4C(=O)c5cnc(NC(=O)CN)cc5C4=O)ccc3C2C)cc1OC(C)CCc1ccccc1. The van der Waals surface area contributed by atoms with Crippen LogP contribution in [-0.4, -0.2) is 53.3 Å². The maximum absolute atomic E-state index is 13.9. The quantitative estimate of drug-likeness (QED) is 0.222. The highest BCUT2D eigenvalue weighted by atomic mass is 16.5. The highest BCUT2D eigenvalue weighted by Crippen LogP contribution is 2.41. The van der Waals surface area contributed by atoms with E-state index in [0.717, 1.165) is 23.3 Å². The predicted molar refractivity (Wildman–Crippen MR) is 176 cm³/mol. The van der Waals surface area contributed by atoms with Gasteiger partial charge in [0, 0.05) is 23.5 Å². The fourth-order valence-corrected chi connectivity index (χ4v) is 6.01. The Hall–Kier alpha value is -5.55. The van der Waals surface area contributed by atoms with E-state index in [9.17, 15) is 19.2 Å². The zero-order valence-electron chi connectivity index (χ0n) is 26.4. The van der Waals surface area contributed by atoms with Crippen LogP contribution in [0, 0.1) is 0 Å². The van der Waals surface area contributed by atoms with Crippen molar-refractivity contribution in [3.63, 3.8) is 0 Å². The van der Waals surface area contributed by atoms with Gasteiger partial charge < -0.3 is 25.4 Å². The third-order valence-electron chi connectivity index (χ3n) is 8.49. The lowest BCUT2D eigenvalue weighted by atomic mass is 10.0. The second-order valence-electron chi connectivity index (χ2n) is 11.6. The molecular formula is C36H35N5O6. The number of pyridine rings is 1. The first-order chi connectivity index (χ1) is 22.7. The van der Waals surface area contributed by atoms with Crippen molar-refractivity contribution in [3.05, 3.63) is 112 Å². The van der Waals surface area contributed by atoms with E-state index in [4.69, 9.17) is 15.2 Å². The Morgan fingerprint density at radius 1 is 0.915 bits per heavy atom. The van der Waals surface area contributed by atoms with Gasteiger partial charge in [-0.3, -0.25) is 24.1 Å². The zero-order valence-corrected chi connectivity index (χ0v) is 26.4. The number of hydrogen-bond acceptors (Lipinski definition) is 8. The Bertz CT molecular complexity index is 1880. The molecule has 240 valence electrons. The maximum atomic E-state index is 13.9. The second-order valence-corrected chi connectivity index (χ2v) is 11.6. The number of nitrogens with one attached hydrogen (secondary N) is 1. The van der Waals surface area contributed by atoms with Gasteiger partial charge in [-0.05, 0) is 67.6 Å². The molecule has 0 radical (unpaired) electrons. The number of nitrogens with two attached hydrogens (primary N) is 1. The molecule has 0 saturated carbocycles. The van der Waals surface area contributed by atoms with Gasteiger partial charge >= 0.3 is 0 Å². The van der Waals surface area contributed by atoms with Crippen molar-refractivity contribution in [1.29, 1.82) is 0 Å². The van der Waals surface area contributed by atoms with E-state index in [1.54, 1.807) is 24.1 Å². The summed E-state index contributed by atoms with van der Waals surface area (Å²) in [6.07, 6.45) is 2.85. The lowest BCUT2D eigenvalue weighted by Crippen LogP contribution is -2.29. The minimum absolute atomic E-state index is 0.0345. The van der Waals surface area contributed by atoms with Crippen molar-refractivity contribution in [2.75, 3.05) is 23.9 Å². The summed E-state index contributed by atoms with van der Waals surface area (Å²) >= 11 is 0.